The summed E-state index contributed by atoms with van der Waals surface area (Å²) in [6.45, 7) is 0.872. The minimum absolute atomic E-state index is 0. The first kappa shape index (κ1) is 36.1. The molecule has 2 N–H and O–H groups in total. The van der Waals surface area contributed by atoms with Crippen LogP contribution in [0.25, 0.3) is 0 Å². The van der Waals surface area contributed by atoms with Crippen LogP contribution in [-0.2, 0) is 35.7 Å². The molecule has 0 aromatic carbocycles. The van der Waals surface area contributed by atoms with Gasteiger partial charge < -0.3 is 44.5 Å². The molecule has 4 nitrogen and oxygen atoms in total. The second-order valence-electron chi connectivity index (χ2n) is 8.56. The third-order valence-electron chi connectivity index (χ3n) is 6.54. The largest absolute Gasteiger partial charge is 2.00 e. The fourth-order valence-electron chi connectivity index (χ4n) is 4.70. The first-order valence-electron chi connectivity index (χ1n) is 11.9. The summed E-state index contributed by atoms with van der Waals surface area (Å²) < 4.78 is 10.4. The van der Waals surface area contributed by atoms with Crippen LogP contribution in [0.1, 0.15) is 0 Å². The number of aliphatic hydroxyl groups is 2. The van der Waals surface area contributed by atoms with E-state index in [0.29, 0.717) is 13.2 Å². The minimum atomic E-state index is 0. The molecule has 0 saturated heterocycles. The average Bonchev–Trinajstić information content (AvgIpc) is 3.69. The van der Waals surface area contributed by atoms with Crippen LogP contribution < -0.4 is 24.8 Å². The molecule has 0 unspecified atom stereocenters. The van der Waals surface area contributed by atoms with E-state index in [1.165, 1.54) is 41.9 Å². The summed E-state index contributed by atoms with van der Waals surface area (Å²) in [5.41, 5.74) is 8.53. The fourth-order valence-corrected chi connectivity index (χ4v) is 6.89. The molecule has 0 aromatic rings. The monoisotopic (exact) mass is 740 g/mol. The van der Waals surface area contributed by atoms with E-state index in [9.17, 15) is 10.2 Å². The van der Waals surface area contributed by atoms with Gasteiger partial charge in [0.15, 0.2) is 0 Å². The van der Waals surface area contributed by atoms with Gasteiger partial charge in [-0.3, -0.25) is 0 Å². The normalized spacial score (nSPS) is 19.7. The molecule has 0 fully saturated rings. The third kappa shape index (κ3) is 7.37. The Morgan fingerprint density at radius 1 is 0.537 bits per heavy atom. The molecule has 0 spiro atoms. The fraction of sp³-hybridized carbons (Fsp3) is 0.200. The SMILES string of the molecule is CSC1=CC2=C(C3=C(O)OCC=C3)C=C(SC)C2=C1.CSC1=CC2=C(C3=C(O)OCC=C3)C=C(SC)C2=C1.[Cl-].[Cl-].[Zr+2]. The van der Waals surface area contributed by atoms with E-state index in [1.54, 1.807) is 47.0 Å². The average molecular weight is 743 g/mol. The van der Waals surface area contributed by atoms with Gasteiger partial charge >= 0.3 is 26.2 Å². The first-order chi connectivity index (χ1) is 18.5. The van der Waals surface area contributed by atoms with E-state index in [4.69, 9.17) is 9.47 Å². The Hall–Kier alpha value is -1.06. The Bertz CT molecular complexity index is 1360. The standard InChI is InChI=1S/2C15H14O2S2.2ClH.Zr/c2*1-18-9-6-11-12(8-14(19-2)13(11)7-9)10-4-3-5-17-15(10)16;;;/h2*3-4,6-8,16H,5H2,1-2H3;2*1H;/q;;;;+2/p-2. The topological polar surface area (TPSA) is 58.9 Å². The van der Waals surface area contributed by atoms with Gasteiger partial charge in [0.05, 0.1) is 11.1 Å². The summed E-state index contributed by atoms with van der Waals surface area (Å²) in [6.07, 6.45) is 29.0. The number of thioether (sulfide) groups is 4. The van der Waals surface area contributed by atoms with Crippen LogP contribution in [0, 0.1) is 0 Å². The molecule has 0 radical (unpaired) electrons. The van der Waals surface area contributed by atoms with Crippen molar-refractivity contribution in [3.63, 3.8) is 0 Å². The number of allylic oxidation sites excluding steroid dienone is 16. The van der Waals surface area contributed by atoms with Crippen molar-refractivity contribution in [1.29, 1.82) is 0 Å². The molecular formula is C30H28Cl2O4S4Zr. The predicted octanol–water partition coefficient (Wildman–Crippen LogP) is 2.18. The van der Waals surface area contributed by atoms with Gasteiger partial charge in [0.1, 0.15) is 13.2 Å². The maximum atomic E-state index is 9.92. The van der Waals surface area contributed by atoms with Crippen molar-refractivity contribution >= 4 is 47.0 Å². The quantitative estimate of drug-likeness (QED) is 0.430. The van der Waals surface area contributed by atoms with Crippen molar-refractivity contribution < 1.29 is 70.7 Å². The van der Waals surface area contributed by atoms with Gasteiger partial charge in [-0.25, -0.2) is 0 Å². The van der Waals surface area contributed by atoms with E-state index >= 15 is 0 Å². The number of hydrogen-bond donors (Lipinski definition) is 2. The van der Waals surface area contributed by atoms with Crippen molar-refractivity contribution in [2.75, 3.05) is 38.2 Å². The number of fused-ring (bicyclic) bond motifs is 2. The summed E-state index contributed by atoms with van der Waals surface area (Å²) in [6, 6.07) is 0. The van der Waals surface area contributed by atoms with E-state index in [-0.39, 0.29) is 62.9 Å². The van der Waals surface area contributed by atoms with E-state index < -0.39 is 0 Å². The summed E-state index contributed by atoms with van der Waals surface area (Å²) in [5.74, 6) is 0.0444. The minimum Gasteiger partial charge on any atom is -1.00 e. The smallest absolute Gasteiger partial charge is 1.00 e. The number of halogens is 2. The summed E-state index contributed by atoms with van der Waals surface area (Å²) in [5, 5.41) is 19.8. The molecule has 41 heavy (non-hydrogen) atoms. The zero-order valence-electron chi connectivity index (χ0n) is 22.8. The van der Waals surface area contributed by atoms with E-state index in [1.807, 2.05) is 24.3 Å². The van der Waals surface area contributed by atoms with Gasteiger partial charge in [0.2, 0.25) is 0 Å². The van der Waals surface area contributed by atoms with Gasteiger partial charge in [-0.1, -0.05) is 0 Å². The zero-order valence-corrected chi connectivity index (χ0v) is 30.0. The summed E-state index contributed by atoms with van der Waals surface area (Å²) in [4.78, 5) is 4.99. The number of ether oxygens (including phenoxy) is 2. The zero-order chi connectivity index (χ0) is 26.8. The Morgan fingerprint density at radius 3 is 1.24 bits per heavy atom. The maximum absolute atomic E-state index is 9.92. The Morgan fingerprint density at radius 2 is 0.927 bits per heavy atom. The van der Waals surface area contributed by atoms with Gasteiger partial charge in [0, 0.05) is 19.6 Å². The Balaban J connectivity index is 0.000000267. The van der Waals surface area contributed by atoms with Gasteiger partial charge in [-0.2, -0.15) is 0 Å². The molecule has 2 heterocycles. The van der Waals surface area contributed by atoms with Crippen molar-refractivity contribution in [3.05, 3.63) is 137 Å². The second kappa shape index (κ2) is 16.1. The van der Waals surface area contributed by atoms with Gasteiger partial charge in [0.25, 0.3) is 11.9 Å². The van der Waals surface area contributed by atoms with Crippen LogP contribution in [0.15, 0.2) is 137 Å². The maximum Gasteiger partial charge on any atom is 2.00 e. The molecule has 0 aromatic heterocycles. The van der Waals surface area contributed by atoms with Crippen LogP contribution in [-0.4, -0.2) is 48.4 Å². The molecule has 0 bridgehead atoms. The third-order valence-corrected chi connectivity index (χ3v) is 9.51. The molecule has 0 atom stereocenters. The molecular weight excluding hydrogens is 715 g/mol. The number of rotatable bonds is 6. The molecule has 0 saturated carbocycles. The Kier molecular flexibility index (Phi) is 14.2. The van der Waals surface area contributed by atoms with Crippen molar-refractivity contribution in [2.45, 2.75) is 0 Å². The predicted molar refractivity (Wildman–Crippen MR) is 166 cm³/mol. The molecule has 6 rings (SSSR count). The van der Waals surface area contributed by atoms with E-state index in [0.717, 1.165) is 22.3 Å². The molecule has 11 heteroatoms. The van der Waals surface area contributed by atoms with Gasteiger partial charge in [-0.05, 0) is 119 Å². The van der Waals surface area contributed by atoms with Crippen LogP contribution in [0.2, 0.25) is 0 Å². The van der Waals surface area contributed by atoms with Crippen molar-refractivity contribution in [2.24, 2.45) is 0 Å². The van der Waals surface area contributed by atoms with Crippen LogP contribution in [0.4, 0.5) is 0 Å². The molecule has 6 aliphatic rings. The summed E-state index contributed by atoms with van der Waals surface area (Å²) in [7, 11) is 0. The van der Waals surface area contributed by atoms with Gasteiger partial charge in [-0.15, -0.1) is 47.0 Å². The molecule has 2 aliphatic heterocycles. The van der Waals surface area contributed by atoms with E-state index in [2.05, 4.69) is 61.5 Å². The van der Waals surface area contributed by atoms with Crippen LogP contribution >= 0.6 is 47.0 Å². The molecule has 0 amide bonds. The van der Waals surface area contributed by atoms with Crippen LogP contribution in [0.3, 0.4) is 0 Å². The number of hydrogen-bond acceptors (Lipinski definition) is 8. The first-order valence-corrected chi connectivity index (χ1v) is 16.8. The van der Waals surface area contributed by atoms with Crippen LogP contribution in [0.5, 0.6) is 0 Å². The van der Waals surface area contributed by atoms with Crippen molar-refractivity contribution in [3.8, 4) is 0 Å². The second-order valence-corrected chi connectivity index (χ2v) is 12.0. The Labute approximate surface area is 290 Å². The molecule has 214 valence electrons. The summed E-state index contributed by atoms with van der Waals surface area (Å²) >= 11 is 6.93. The van der Waals surface area contributed by atoms with Crippen molar-refractivity contribution in [1.82, 2.24) is 0 Å². The number of aliphatic hydroxyl groups excluding tert-OH is 2. The molecule has 4 aliphatic carbocycles.